The first-order valence-electron chi connectivity index (χ1n) is 12.3. The lowest BCUT2D eigenvalue weighted by Gasteiger charge is -2.17. The highest BCUT2D eigenvalue weighted by molar-refractivity contribution is 5.98. The molecule has 0 saturated carbocycles. The van der Waals surface area contributed by atoms with Crippen LogP contribution >= 0.6 is 0 Å². The van der Waals surface area contributed by atoms with Crippen LogP contribution < -0.4 is 5.32 Å². The second-order valence-corrected chi connectivity index (χ2v) is 9.11. The van der Waals surface area contributed by atoms with Gasteiger partial charge < -0.3 is 19.5 Å². The highest BCUT2D eigenvalue weighted by atomic mass is 16.6. The Labute approximate surface area is 221 Å². The van der Waals surface area contributed by atoms with E-state index in [1.54, 1.807) is 42.5 Å². The summed E-state index contributed by atoms with van der Waals surface area (Å²) in [5.41, 5.74) is 2.81. The Morgan fingerprint density at radius 1 is 0.737 bits per heavy atom. The Balaban J connectivity index is 1.59. The van der Waals surface area contributed by atoms with Crippen LogP contribution in [0.2, 0.25) is 0 Å². The minimum atomic E-state index is -1.46. The Hall–Kier alpha value is -4.46. The van der Waals surface area contributed by atoms with Gasteiger partial charge in [0.15, 0.2) is 6.04 Å². The highest BCUT2D eigenvalue weighted by Crippen LogP contribution is 2.11. The number of carbonyl (C=O) groups is 4. The van der Waals surface area contributed by atoms with Crippen molar-refractivity contribution in [3.05, 3.63) is 107 Å². The van der Waals surface area contributed by atoms with Gasteiger partial charge >= 0.3 is 24.0 Å². The Bertz CT molecular complexity index is 1210. The first-order valence-corrected chi connectivity index (χ1v) is 12.3. The van der Waals surface area contributed by atoms with E-state index in [1.165, 1.54) is 17.7 Å². The van der Waals surface area contributed by atoms with Crippen LogP contribution in [0.1, 0.15) is 40.9 Å². The quantitative estimate of drug-likeness (QED) is 0.224. The van der Waals surface area contributed by atoms with Crippen LogP contribution in [0.15, 0.2) is 84.9 Å². The molecule has 1 atom stereocenters. The molecule has 0 bridgehead atoms. The van der Waals surface area contributed by atoms with Gasteiger partial charge in [0, 0.05) is 0 Å². The van der Waals surface area contributed by atoms with Crippen LogP contribution in [0.3, 0.4) is 0 Å². The molecule has 0 heterocycles. The summed E-state index contributed by atoms with van der Waals surface area (Å²) in [6, 6.07) is 23.0. The fourth-order valence-electron chi connectivity index (χ4n) is 3.53. The second kappa shape index (κ2) is 14.3. The molecule has 0 unspecified atom stereocenters. The van der Waals surface area contributed by atoms with Gasteiger partial charge in [-0.15, -0.1) is 0 Å². The number of carbonyl (C=O) groups excluding carboxylic acids is 4. The maximum absolute atomic E-state index is 12.7. The van der Waals surface area contributed by atoms with Crippen molar-refractivity contribution in [3.8, 4) is 0 Å². The largest absolute Gasteiger partial charge is 0.463 e. The average Bonchev–Trinajstić information content (AvgIpc) is 2.91. The maximum atomic E-state index is 12.7. The molecular weight excluding hydrogens is 486 g/mol. The predicted octanol–water partition coefficient (Wildman–Crippen LogP) is 4.65. The van der Waals surface area contributed by atoms with Gasteiger partial charge in [-0.2, -0.15) is 0 Å². The predicted molar refractivity (Wildman–Crippen MR) is 140 cm³/mol. The van der Waals surface area contributed by atoms with Crippen molar-refractivity contribution in [3.63, 3.8) is 0 Å². The standard InChI is InChI=1S/C30H31NO7/c1-21(2)17-22-13-15-23(16-14-22)18-27(32)36-20-26(29(34)38-28(33)25-11-7-4-8-12-25)31-30(35)37-19-24-9-5-3-6-10-24/h3-16,21,26H,17-20H2,1-2H3,(H,31,35)/t26-/m0/s1. The topological polar surface area (TPSA) is 108 Å². The maximum Gasteiger partial charge on any atom is 0.408 e. The Morgan fingerprint density at radius 3 is 1.97 bits per heavy atom. The summed E-state index contributed by atoms with van der Waals surface area (Å²) in [6.07, 6.45) is -0.0207. The van der Waals surface area contributed by atoms with Crippen LogP contribution in [0.4, 0.5) is 4.79 Å². The van der Waals surface area contributed by atoms with E-state index < -0.39 is 36.6 Å². The molecule has 0 radical (unpaired) electrons. The molecule has 198 valence electrons. The fraction of sp³-hybridized carbons (Fsp3) is 0.267. The first-order chi connectivity index (χ1) is 18.3. The zero-order valence-corrected chi connectivity index (χ0v) is 21.4. The number of ether oxygens (including phenoxy) is 3. The van der Waals surface area contributed by atoms with Crippen molar-refractivity contribution in [1.82, 2.24) is 5.32 Å². The summed E-state index contributed by atoms with van der Waals surface area (Å²) in [4.78, 5) is 49.9. The van der Waals surface area contributed by atoms with E-state index in [1.807, 2.05) is 30.3 Å². The Morgan fingerprint density at radius 2 is 1.34 bits per heavy atom. The van der Waals surface area contributed by atoms with Crippen molar-refractivity contribution in [1.29, 1.82) is 0 Å². The lowest BCUT2D eigenvalue weighted by atomic mass is 10.0. The molecule has 8 nitrogen and oxygen atoms in total. The van der Waals surface area contributed by atoms with E-state index in [2.05, 4.69) is 19.2 Å². The zero-order chi connectivity index (χ0) is 27.3. The third-order valence-electron chi connectivity index (χ3n) is 5.42. The third kappa shape index (κ3) is 9.54. The monoisotopic (exact) mass is 517 g/mol. The van der Waals surface area contributed by atoms with Crippen molar-refractivity contribution in [2.24, 2.45) is 5.92 Å². The molecule has 3 aromatic rings. The second-order valence-electron chi connectivity index (χ2n) is 9.11. The molecule has 0 aliphatic rings. The summed E-state index contributed by atoms with van der Waals surface area (Å²) >= 11 is 0. The summed E-state index contributed by atoms with van der Waals surface area (Å²) in [7, 11) is 0. The smallest absolute Gasteiger partial charge is 0.408 e. The lowest BCUT2D eigenvalue weighted by molar-refractivity contribution is -0.148. The fourth-order valence-corrected chi connectivity index (χ4v) is 3.53. The first kappa shape index (κ1) is 28.1. The van der Waals surface area contributed by atoms with E-state index in [0.717, 1.165) is 17.5 Å². The number of hydrogen-bond acceptors (Lipinski definition) is 7. The molecule has 3 rings (SSSR count). The number of esters is 3. The molecule has 0 fully saturated rings. The highest BCUT2D eigenvalue weighted by Gasteiger charge is 2.27. The van der Waals surface area contributed by atoms with Crippen LogP contribution in [0.5, 0.6) is 0 Å². The van der Waals surface area contributed by atoms with Crippen LogP contribution in [-0.4, -0.2) is 36.6 Å². The Kier molecular flexibility index (Phi) is 10.6. The van der Waals surface area contributed by atoms with Crippen molar-refractivity contribution < 1.29 is 33.4 Å². The van der Waals surface area contributed by atoms with Gasteiger partial charge in [-0.1, -0.05) is 86.6 Å². The number of amides is 1. The van der Waals surface area contributed by atoms with E-state index in [-0.39, 0.29) is 18.6 Å². The van der Waals surface area contributed by atoms with E-state index in [0.29, 0.717) is 5.92 Å². The molecule has 38 heavy (non-hydrogen) atoms. The van der Waals surface area contributed by atoms with Crippen LogP contribution in [0.25, 0.3) is 0 Å². The number of hydrogen-bond donors (Lipinski definition) is 1. The summed E-state index contributed by atoms with van der Waals surface area (Å²) in [5.74, 6) is -2.06. The third-order valence-corrected chi connectivity index (χ3v) is 5.42. The van der Waals surface area contributed by atoms with Crippen molar-refractivity contribution in [2.75, 3.05) is 6.61 Å². The van der Waals surface area contributed by atoms with Gasteiger partial charge in [-0.3, -0.25) is 4.79 Å². The normalized spacial score (nSPS) is 11.3. The molecule has 0 spiro atoms. The number of rotatable bonds is 11. The molecule has 0 aliphatic heterocycles. The summed E-state index contributed by atoms with van der Waals surface area (Å²) in [6.45, 7) is 3.69. The van der Waals surface area contributed by atoms with Gasteiger partial charge in [0.25, 0.3) is 0 Å². The molecule has 1 amide bonds. The average molecular weight is 518 g/mol. The SMILES string of the molecule is CC(C)Cc1ccc(CC(=O)OC[C@H](NC(=O)OCc2ccccc2)C(=O)OC(=O)c2ccccc2)cc1. The van der Waals surface area contributed by atoms with Gasteiger partial charge in [0.1, 0.15) is 13.2 Å². The van der Waals surface area contributed by atoms with E-state index in [4.69, 9.17) is 14.2 Å². The van der Waals surface area contributed by atoms with E-state index >= 15 is 0 Å². The number of alkyl carbamates (subject to hydrolysis) is 1. The zero-order valence-electron chi connectivity index (χ0n) is 21.4. The summed E-state index contributed by atoms with van der Waals surface area (Å²) < 4.78 is 15.3. The molecule has 0 saturated heterocycles. The van der Waals surface area contributed by atoms with Crippen molar-refractivity contribution in [2.45, 2.75) is 39.3 Å². The van der Waals surface area contributed by atoms with Gasteiger partial charge in [-0.05, 0) is 41.2 Å². The lowest BCUT2D eigenvalue weighted by Crippen LogP contribution is -2.46. The van der Waals surface area contributed by atoms with Crippen LogP contribution in [0, 0.1) is 5.92 Å². The van der Waals surface area contributed by atoms with Gasteiger partial charge in [0.05, 0.1) is 12.0 Å². The number of benzene rings is 3. The number of nitrogens with one attached hydrogen (secondary N) is 1. The van der Waals surface area contributed by atoms with Crippen molar-refractivity contribution >= 4 is 24.0 Å². The van der Waals surface area contributed by atoms with Gasteiger partial charge in [-0.25, -0.2) is 14.4 Å². The minimum absolute atomic E-state index is 0.0227. The van der Waals surface area contributed by atoms with Crippen LogP contribution in [-0.2, 0) is 43.2 Å². The minimum Gasteiger partial charge on any atom is -0.463 e. The summed E-state index contributed by atoms with van der Waals surface area (Å²) in [5, 5.41) is 2.32. The molecule has 1 N–H and O–H groups in total. The van der Waals surface area contributed by atoms with E-state index in [9.17, 15) is 19.2 Å². The molecule has 0 aromatic heterocycles. The molecule has 3 aromatic carbocycles. The van der Waals surface area contributed by atoms with Gasteiger partial charge in [0.2, 0.25) is 0 Å². The molecule has 8 heteroatoms. The molecular formula is C30H31NO7. The molecule has 0 aliphatic carbocycles.